The Balaban J connectivity index is 1.61. The summed E-state index contributed by atoms with van der Waals surface area (Å²) in [5.41, 5.74) is 1.76. The summed E-state index contributed by atoms with van der Waals surface area (Å²) in [7, 11) is -3.57. The molecule has 3 aliphatic rings. The number of carboxylic acid groups (broad SMARTS) is 1. The Morgan fingerprint density at radius 3 is 2.00 bits per heavy atom. The van der Waals surface area contributed by atoms with E-state index in [9.17, 15) is 23.4 Å². The summed E-state index contributed by atoms with van der Waals surface area (Å²) in [6.07, 6.45) is 11.3. The number of nitrogens with zero attached hydrogens (tertiary/aromatic N) is 1. The zero-order valence-electron chi connectivity index (χ0n) is 18.9. The van der Waals surface area contributed by atoms with Crippen LogP contribution in [0.1, 0.15) is 69.8 Å². The van der Waals surface area contributed by atoms with Gasteiger partial charge in [0.15, 0.2) is 9.84 Å². The van der Waals surface area contributed by atoms with Gasteiger partial charge >= 0.3 is 5.97 Å². The van der Waals surface area contributed by atoms with Gasteiger partial charge in [0.25, 0.3) is 0 Å². The van der Waals surface area contributed by atoms with Crippen molar-refractivity contribution in [1.29, 1.82) is 0 Å². The molecule has 4 rings (SSSR count). The molecule has 0 amide bonds. The van der Waals surface area contributed by atoms with Crippen LogP contribution < -0.4 is 5.32 Å². The number of aromatic hydroxyl groups is 1. The second-order valence-corrected chi connectivity index (χ2v) is 11.2. The van der Waals surface area contributed by atoms with Crippen LogP contribution >= 0.6 is 0 Å². The quantitative estimate of drug-likeness (QED) is 0.522. The molecule has 1 aromatic rings. The number of aliphatic carboxylic acids is 1. The van der Waals surface area contributed by atoms with Crippen molar-refractivity contribution >= 4 is 15.8 Å². The Hall–Kier alpha value is -2.48. The Morgan fingerprint density at radius 1 is 0.939 bits per heavy atom. The van der Waals surface area contributed by atoms with E-state index in [2.05, 4.69) is 10.2 Å². The first-order valence-electron chi connectivity index (χ1n) is 12.1. The van der Waals surface area contributed by atoms with Gasteiger partial charge in [-0.25, -0.2) is 13.2 Å². The lowest BCUT2D eigenvalue weighted by Gasteiger charge is -2.44. The maximum absolute atomic E-state index is 12.7. The number of hydrogen-bond acceptors (Lipinski definition) is 6. The summed E-state index contributed by atoms with van der Waals surface area (Å²) in [5, 5.41) is 25.0. The fourth-order valence-corrected chi connectivity index (χ4v) is 6.60. The van der Waals surface area contributed by atoms with Crippen LogP contribution in [0.5, 0.6) is 5.75 Å². The lowest BCUT2D eigenvalue weighted by atomic mass is 9.88. The fourth-order valence-electron chi connectivity index (χ4n) is 5.45. The third kappa shape index (κ3) is 5.91. The molecular formula is C25H34N2O5S. The van der Waals surface area contributed by atoms with E-state index in [0.29, 0.717) is 11.4 Å². The molecule has 1 aliphatic heterocycles. The first-order chi connectivity index (χ1) is 15.8. The van der Waals surface area contributed by atoms with E-state index in [-0.39, 0.29) is 24.3 Å². The summed E-state index contributed by atoms with van der Waals surface area (Å²) < 4.78 is 25.3. The first kappa shape index (κ1) is 23.7. The van der Waals surface area contributed by atoms with Gasteiger partial charge in [-0.3, -0.25) is 0 Å². The highest BCUT2D eigenvalue weighted by Gasteiger charge is 2.36. The van der Waals surface area contributed by atoms with Crippen molar-refractivity contribution < 1.29 is 23.4 Å². The van der Waals surface area contributed by atoms with Crippen LogP contribution in [-0.4, -0.2) is 47.6 Å². The number of nitrogens with one attached hydrogen (secondary N) is 1. The molecule has 1 heterocycles. The average Bonchev–Trinajstić information content (AvgIpc) is 3.10. The summed E-state index contributed by atoms with van der Waals surface area (Å²) in [6, 6.07) is 5.98. The number of hydrogen-bond donors (Lipinski definition) is 3. The molecule has 2 aliphatic carbocycles. The van der Waals surface area contributed by atoms with Crippen LogP contribution in [0.15, 0.2) is 46.5 Å². The molecule has 0 aromatic heterocycles. The van der Waals surface area contributed by atoms with Crippen LogP contribution in [0.2, 0.25) is 0 Å². The molecule has 0 radical (unpaired) electrons. The molecule has 3 N–H and O–H groups in total. The van der Waals surface area contributed by atoms with Crippen molar-refractivity contribution in [3.05, 3.63) is 52.0 Å². The van der Waals surface area contributed by atoms with E-state index in [1.54, 1.807) is 12.1 Å². The molecule has 180 valence electrons. The highest BCUT2D eigenvalue weighted by atomic mass is 32.2. The van der Waals surface area contributed by atoms with E-state index in [1.807, 2.05) is 0 Å². The van der Waals surface area contributed by atoms with Crippen molar-refractivity contribution in [3.63, 3.8) is 0 Å². The number of phenols is 1. The Labute approximate surface area is 196 Å². The predicted molar refractivity (Wildman–Crippen MR) is 127 cm³/mol. The lowest BCUT2D eigenvalue weighted by molar-refractivity contribution is -0.139. The van der Waals surface area contributed by atoms with Crippen LogP contribution in [0, 0.1) is 0 Å². The molecule has 1 atom stereocenters. The topological polar surface area (TPSA) is 107 Å². The first-order valence-corrected chi connectivity index (χ1v) is 13.7. The summed E-state index contributed by atoms with van der Waals surface area (Å²) in [5.74, 6) is -0.932. The minimum atomic E-state index is -3.57. The van der Waals surface area contributed by atoms with Crippen LogP contribution in [-0.2, 0) is 21.1 Å². The monoisotopic (exact) mass is 474 g/mol. The van der Waals surface area contributed by atoms with Crippen molar-refractivity contribution in [1.82, 2.24) is 10.2 Å². The summed E-state index contributed by atoms with van der Waals surface area (Å²) in [6.45, 7) is 0. The zero-order valence-corrected chi connectivity index (χ0v) is 19.8. The van der Waals surface area contributed by atoms with E-state index in [0.717, 1.165) is 56.9 Å². The number of rotatable bonds is 8. The predicted octanol–water partition coefficient (Wildman–Crippen LogP) is 4.06. The average molecular weight is 475 g/mol. The molecule has 1 aromatic carbocycles. The molecule has 0 unspecified atom stereocenters. The molecule has 7 nitrogen and oxygen atoms in total. The maximum atomic E-state index is 12.7. The molecule has 2 saturated carbocycles. The summed E-state index contributed by atoms with van der Waals surface area (Å²) in [4.78, 5) is 14.4. The molecule has 0 saturated heterocycles. The second-order valence-electron chi connectivity index (χ2n) is 9.52. The summed E-state index contributed by atoms with van der Waals surface area (Å²) >= 11 is 0. The molecule has 0 spiro atoms. The van der Waals surface area contributed by atoms with Gasteiger partial charge in [-0.2, -0.15) is 0 Å². The van der Waals surface area contributed by atoms with E-state index >= 15 is 0 Å². The Bertz CT molecular complexity index is 986. The van der Waals surface area contributed by atoms with E-state index in [4.69, 9.17) is 0 Å². The molecular weight excluding hydrogens is 440 g/mol. The maximum Gasteiger partial charge on any atom is 0.326 e. The Morgan fingerprint density at radius 2 is 1.48 bits per heavy atom. The van der Waals surface area contributed by atoms with Crippen LogP contribution in [0.25, 0.3) is 0 Å². The lowest BCUT2D eigenvalue weighted by Crippen LogP contribution is -2.47. The third-order valence-corrected chi connectivity index (χ3v) is 8.17. The van der Waals surface area contributed by atoms with E-state index in [1.165, 1.54) is 35.8 Å². The van der Waals surface area contributed by atoms with Gasteiger partial charge in [0, 0.05) is 18.5 Å². The normalized spacial score (nSPS) is 22.3. The van der Waals surface area contributed by atoms with Crippen LogP contribution in [0.4, 0.5) is 0 Å². The van der Waals surface area contributed by atoms with Gasteiger partial charge in [0.05, 0.1) is 22.2 Å². The number of sulfone groups is 1. The van der Waals surface area contributed by atoms with Crippen molar-refractivity contribution in [2.24, 2.45) is 0 Å². The van der Waals surface area contributed by atoms with E-state index < -0.39 is 21.8 Å². The Kier molecular flexibility index (Phi) is 7.32. The van der Waals surface area contributed by atoms with Gasteiger partial charge < -0.3 is 20.4 Å². The SMILES string of the molecule is O=C(O)[C@H](Cc1ccc(O)cc1)NC1=CS(=O)(=O)C=C1N(C1CCCCC1)C1CCCCC1. The molecule has 2 fully saturated rings. The van der Waals surface area contributed by atoms with Gasteiger partial charge in [-0.15, -0.1) is 0 Å². The van der Waals surface area contributed by atoms with Crippen LogP contribution in [0.3, 0.4) is 0 Å². The zero-order chi connectivity index (χ0) is 23.4. The smallest absolute Gasteiger partial charge is 0.326 e. The van der Waals surface area contributed by atoms with Gasteiger partial charge in [0.2, 0.25) is 0 Å². The number of phenolic OH excluding ortho intramolecular Hbond substituents is 1. The fraction of sp³-hybridized carbons (Fsp3) is 0.560. The third-order valence-electron chi connectivity index (χ3n) is 7.05. The van der Waals surface area contributed by atoms with Crippen molar-refractivity contribution in [2.75, 3.05) is 0 Å². The molecule has 8 heteroatoms. The minimum absolute atomic E-state index is 0.115. The highest BCUT2D eigenvalue weighted by Crippen LogP contribution is 2.37. The van der Waals surface area contributed by atoms with Gasteiger partial charge in [-0.1, -0.05) is 50.7 Å². The second kappa shape index (κ2) is 10.2. The standard InChI is InChI=1S/C25H34N2O5S/c28-21-13-11-18(12-14-21)15-22(25(29)30)26-23-16-33(31,32)17-24(23)27(19-7-3-1-4-8-19)20-9-5-2-6-10-20/h11-14,16-17,19-20,22,26,28H,1-10,15H2,(H,29,30)/t22-/m0/s1. The number of benzene rings is 1. The van der Waals surface area contributed by atoms with Crippen molar-refractivity contribution in [3.8, 4) is 5.75 Å². The number of carboxylic acids is 1. The van der Waals surface area contributed by atoms with Gasteiger partial charge in [-0.05, 0) is 43.4 Å². The molecule has 33 heavy (non-hydrogen) atoms. The highest BCUT2D eigenvalue weighted by molar-refractivity contribution is 7.97. The largest absolute Gasteiger partial charge is 0.508 e. The number of carbonyl (C=O) groups is 1. The minimum Gasteiger partial charge on any atom is -0.508 e. The molecule has 0 bridgehead atoms. The van der Waals surface area contributed by atoms with Gasteiger partial charge in [0.1, 0.15) is 11.8 Å². The van der Waals surface area contributed by atoms with Crippen molar-refractivity contribution in [2.45, 2.75) is 88.8 Å².